The SMILES string of the molecule is CCC(CC(=O)O)N1CCC2CCC(C1)N2C. The summed E-state index contributed by atoms with van der Waals surface area (Å²) in [5, 5.41) is 8.96. The number of aliphatic carboxylic acids is 1. The fraction of sp³-hybridized carbons (Fsp3) is 0.923. The number of hydrogen-bond donors (Lipinski definition) is 1. The van der Waals surface area contributed by atoms with Crippen LogP contribution in [0.1, 0.15) is 39.0 Å². The van der Waals surface area contributed by atoms with E-state index in [1.807, 2.05) is 0 Å². The Hall–Kier alpha value is -0.610. The third kappa shape index (κ3) is 2.80. The summed E-state index contributed by atoms with van der Waals surface area (Å²) in [5.41, 5.74) is 0. The van der Waals surface area contributed by atoms with Crippen molar-refractivity contribution < 1.29 is 9.90 Å². The van der Waals surface area contributed by atoms with E-state index in [0.29, 0.717) is 6.04 Å². The van der Waals surface area contributed by atoms with Crippen molar-refractivity contribution in [2.45, 2.75) is 57.2 Å². The highest BCUT2D eigenvalue weighted by atomic mass is 16.4. The van der Waals surface area contributed by atoms with Crippen molar-refractivity contribution in [1.82, 2.24) is 9.80 Å². The second-order valence-electron chi connectivity index (χ2n) is 5.49. The summed E-state index contributed by atoms with van der Waals surface area (Å²) in [6.07, 6.45) is 5.03. The molecule has 0 aromatic heterocycles. The number of nitrogens with zero attached hydrogens (tertiary/aromatic N) is 2. The van der Waals surface area contributed by atoms with Gasteiger partial charge in [-0.1, -0.05) is 6.92 Å². The van der Waals surface area contributed by atoms with Crippen LogP contribution >= 0.6 is 0 Å². The van der Waals surface area contributed by atoms with Gasteiger partial charge < -0.3 is 5.11 Å². The number of likely N-dealkylation sites (tertiary alicyclic amines) is 1. The molecule has 0 aromatic rings. The minimum Gasteiger partial charge on any atom is -0.481 e. The molecule has 0 radical (unpaired) electrons. The summed E-state index contributed by atoms with van der Waals surface area (Å²) < 4.78 is 0. The molecule has 0 amide bonds. The molecule has 0 saturated carbocycles. The van der Waals surface area contributed by atoms with Crippen LogP contribution in [0.5, 0.6) is 0 Å². The van der Waals surface area contributed by atoms with Crippen LogP contribution in [-0.2, 0) is 4.79 Å². The van der Waals surface area contributed by atoms with Crippen LogP contribution in [0.3, 0.4) is 0 Å². The monoisotopic (exact) mass is 240 g/mol. The molecule has 17 heavy (non-hydrogen) atoms. The van der Waals surface area contributed by atoms with Crippen molar-refractivity contribution >= 4 is 5.97 Å². The Balaban J connectivity index is 1.99. The highest BCUT2D eigenvalue weighted by Gasteiger charge is 2.36. The van der Waals surface area contributed by atoms with E-state index in [1.54, 1.807) is 0 Å². The summed E-state index contributed by atoms with van der Waals surface area (Å²) in [5.74, 6) is -0.667. The molecule has 2 saturated heterocycles. The van der Waals surface area contributed by atoms with Crippen molar-refractivity contribution in [3.63, 3.8) is 0 Å². The van der Waals surface area contributed by atoms with Crippen molar-refractivity contribution in [2.24, 2.45) is 0 Å². The lowest BCUT2D eigenvalue weighted by atomic mass is 10.0. The van der Waals surface area contributed by atoms with E-state index in [0.717, 1.165) is 25.6 Å². The van der Waals surface area contributed by atoms with Gasteiger partial charge >= 0.3 is 5.97 Å². The lowest BCUT2D eigenvalue weighted by Gasteiger charge is -2.31. The smallest absolute Gasteiger partial charge is 0.304 e. The highest BCUT2D eigenvalue weighted by Crippen LogP contribution is 2.29. The topological polar surface area (TPSA) is 43.8 Å². The number of rotatable bonds is 4. The lowest BCUT2D eigenvalue weighted by Crippen LogP contribution is -2.42. The van der Waals surface area contributed by atoms with Gasteiger partial charge in [0.2, 0.25) is 0 Å². The van der Waals surface area contributed by atoms with Crippen molar-refractivity contribution in [3.05, 3.63) is 0 Å². The van der Waals surface area contributed by atoms with Crippen LogP contribution in [0.25, 0.3) is 0 Å². The molecule has 2 rings (SSSR count). The Morgan fingerprint density at radius 3 is 2.71 bits per heavy atom. The normalized spacial score (nSPS) is 32.4. The molecular formula is C13H24N2O2. The van der Waals surface area contributed by atoms with E-state index in [2.05, 4.69) is 23.8 Å². The van der Waals surface area contributed by atoms with Crippen LogP contribution in [0.4, 0.5) is 0 Å². The quantitative estimate of drug-likeness (QED) is 0.807. The van der Waals surface area contributed by atoms with Gasteiger partial charge in [0.15, 0.2) is 0 Å². The van der Waals surface area contributed by atoms with E-state index in [4.69, 9.17) is 5.11 Å². The molecule has 0 spiro atoms. The number of likely N-dealkylation sites (N-methyl/N-ethyl adjacent to an activating group) is 1. The first-order chi connectivity index (χ1) is 8.11. The van der Waals surface area contributed by atoms with Crippen molar-refractivity contribution in [3.8, 4) is 0 Å². The largest absolute Gasteiger partial charge is 0.481 e. The Morgan fingerprint density at radius 1 is 1.35 bits per heavy atom. The van der Waals surface area contributed by atoms with Crippen molar-refractivity contribution in [2.75, 3.05) is 20.1 Å². The number of carboxylic acids is 1. The first-order valence-electron chi connectivity index (χ1n) is 6.79. The molecule has 2 fully saturated rings. The standard InChI is InChI=1S/C13H24N2O2/c1-3-10(8-13(16)17)15-7-6-11-4-5-12(9-15)14(11)2/h10-12H,3-9H2,1-2H3,(H,16,17). The summed E-state index contributed by atoms with van der Waals surface area (Å²) >= 11 is 0. The van der Waals surface area contributed by atoms with Crippen LogP contribution < -0.4 is 0 Å². The van der Waals surface area contributed by atoms with E-state index in [-0.39, 0.29) is 12.5 Å². The molecule has 98 valence electrons. The molecule has 0 aromatic carbocycles. The molecule has 3 atom stereocenters. The average Bonchev–Trinajstić information content (AvgIpc) is 2.50. The van der Waals surface area contributed by atoms with Crippen LogP contribution in [0, 0.1) is 0 Å². The summed E-state index contributed by atoms with van der Waals surface area (Å²) in [6.45, 7) is 4.22. The molecular weight excluding hydrogens is 216 g/mol. The molecule has 2 bridgehead atoms. The van der Waals surface area contributed by atoms with Gasteiger partial charge in [0.1, 0.15) is 0 Å². The minimum absolute atomic E-state index is 0.222. The molecule has 3 unspecified atom stereocenters. The zero-order valence-corrected chi connectivity index (χ0v) is 10.9. The van der Waals surface area contributed by atoms with E-state index >= 15 is 0 Å². The molecule has 4 nitrogen and oxygen atoms in total. The maximum Gasteiger partial charge on any atom is 0.304 e. The van der Waals surface area contributed by atoms with E-state index in [9.17, 15) is 4.79 Å². The summed E-state index contributed by atoms with van der Waals surface area (Å²) in [4.78, 5) is 15.8. The molecule has 0 aliphatic carbocycles. The van der Waals surface area contributed by atoms with E-state index in [1.165, 1.54) is 19.3 Å². The summed E-state index contributed by atoms with van der Waals surface area (Å²) in [7, 11) is 2.23. The van der Waals surface area contributed by atoms with Crippen LogP contribution in [0.2, 0.25) is 0 Å². The van der Waals surface area contributed by atoms with Gasteiger partial charge in [-0.05, 0) is 39.3 Å². The van der Waals surface area contributed by atoms with Gasteiger partial charge in [0.05, 0.1) is 6.42 Å². The molecule has 1 N–H and O–H groups in total. The Labute approximate surface area is 104 Å². The zero-order chi connectivity index (χ0) is 12.4. The van der Waals surface area contributed by atoms with Crippen molar-refractivity contribution in [1.29, 1.82) is 0 Å². The third-order valence-electron chi connectivity index (χ3n) is 4.58. The minimum atomic E-state index is -0.667. The van der Waals surface area contributed by atoms with Gasteiger partial charge in [-0.15, -0.1) is 0 Å². The maximum absolute atomic E-state index is 10.9. The molecule has 2 heterocycles. The Kier molecular flexibility index (Phi) is 4.05. The average molecular weight is 240 g/mol. The second kappa shape index (κ2) is 5.36. The predicted molar refractivity (Wildman–Crippen MR) is 67.1 cm³/mol. The third-order valence-corrected chi connectivity index (χ3v) is 4.58. The molecule has 2 aliphatic rings. The first kappa shape index (κ1) is 12.8. The number of fused-ring (bicyclic) bond motifs is 2. The number of carboxylic acid groups (broad SMARTS) is 1. The second-order valence-corrected chi connectivity index (χ2v) is 5.49. The fourth-order valence-corrected chi connectivity index (χ4v) is 3.40. The Bertz CT molecular complexity index is 283. The zero-order valence-electron chi connectivity index (χ0n) is 10.9. The fourth-order valence-electron chi connectivity index (χ4n) is 3.40. The maximum atomic E-state index is 10.9. The van der Waals surface area contributed by atoms with E-state index < -0.39 is 5.97 Å². The van der Waals surface area contributed by atoms with Gasteiger partial charge in [-0.3, -0.25) is 14.6 Å². The van der Waals surface area contributed by atoms with Gasteiger partial charge in [0, 0.05) is 24.7 Å². The summed E-state index contributed by atoms with van der Waals surface area (Å²) in [6, 6.07) is 1.60. The van der Waals surface area contributed by atoms with Crippen LogP contribution in [0.15, 0.2) is 0 Å². The van der Waals surface area contributed by atoms with Gasteiger partial charge in [-0.25, -0.2) is 0 Å². The molecule has 4 heteroatoms. The lowest BCUT2D eigenvalue weighted by molar-refractivity contribution is -0.138. The van der Waals surface area contributed by atoms with Gasteiger partial charge in [0.25, 0.3) is 0 Å². The number of carbonyl (C=O) groups is 1. The predicted octanol–water partition coefficient (Wildman–Crippen LogP) is 1.41. The first-order valence-corrected chi connectivity index (χ1v) is 6.79. The molecule has 2 aliphatic heterocycles. The van der Waals surface area contributed by atoms with Gasteiger partial charge in [-0.2, -0.15) is 0 Å². The highest BCUT2D eigenvalue weighted by molar-refractivity contribution is 5.67. The number of hydrogen-bond acceptors (Lipinski definition) is 3. The Morgan fingerprint density at radius 2 is 2.06 bits per heavy atom. The van der Waals surface area contributed by atoms with Crippen LogP contribution in [-0.4, -0.2) is 59.1 Å².